The molecule has 0 aliphatic carbocycles. The monoisotopic (exact) mass is 330 g/mol. The Morgan fingerprint density at radius 2 is 1.48 bits per heavy atom. The first-order valence-electron chi connectivity index (χ1n) is 8.63. The van der Waals surface area contributed by atoms with Crippen LogP contribution in [0.2, 0.25) is 0 Å². The SMILES string of the molecule is C=CC.CCCCCCCCCCCC(=O)OC(=O)C(O)CO. The van der Waals surface area contributed by atoms with E-state index < -0.39 is 24.6 Å². The molecule has 0 spiro atoms. The molecule has 0 radical (unpaired) electrons. The van der Waals surface area contributed by atoms with Gasteiger partial charge in [0.05, 0.1) is 6.61 Å². The van der Waals surface area contributed by atoms with Crippen LogP contribution in [0.25, 0.3) is 0 Å². The Kier molecular flexibility index (Phi) is 19.7. The van der Waals surface area contributed by atoms with Crippen molar-refractivity contribution >= 4 is 11.9 Å². The summed E-state index contributed by atoms with van der Waals surface area (Å²) in [6.07, 6.45) is 10.6. The summed E-state index contributed by atoms with van der Waals surface area (Å²) >= 11 is 0. The Morgan fingerprint density at radius 3 is 1.91 bits per heavy atom. The van der Waals surface area contributed by atoms with Crippen LogP contribution >= 0.6 is 0 Å². The maximum atomic E-state index is 11.2. The second-order valence-corrected chi connectivity index (χ2v) is 5.48. The van der Waals surface area contributed by atoms with E-state index in [1.165, 1.54) is 38.5 Å². The number of allylic oxidation sites excluding steroid dienone is 1. The van der Waals surface area contributed by atoms with Crippen LogP contribution in [0.15, 0.2) is 12.7 Å². The highest BCUT2D eigenvalue weighted by Crippen LogP contribution is 2.10. The lowest BCUT2D eigenvalue weighted by atomic mass is 10.1. The summed E-state index contributed by atoms with van der Waals surface area (Å²) in [5, 5.41) is 17.4. The summed E-state index contributed by atoms with van der Waals surface area (Å²) in [6.45, 7) is 6.72. The fourth-order valence-electron chi connectivity index (χ4n) is 1.89. The van der Waals surface area contributed by atoms with Gasteiger partial charge in [0.15, 0.2) is 6.10 Å². The lowest BCUT2D eigenvalue weighted by Crippen LogP contribution is -2.28. The maximum Gasteiger partial charge on any atom is 0.345 e. The molecule has 0 aliphatic rings. The number of rotatable bonds is 12. The summed E-state index contributed by atoms with van der Waals surface area (Å²) in [6, 6.07) is 0. The van der Waals surface area contributed by atoms with Crippen molar-refractivity contribution in [1.82, 2.24) is 0 Å². The number of carbonyl (C=O) groups is 2. The Balaban J connectivity index is 0. The minimum absolute atomic E-state index is 0.180. The van der Waals surface area contributed by atoms with Gasteiger partial charge in [0.2, 0.25) is 0 Å². The number of ether oxygens (including phenoxy) is 1. The van der Waals surface area contributed by atoms with Crippen LogP contribution in [0.1, 0.15) is 78.1 Å². The first kappa shape index (κ1) is 24.1. The highest BCUT2D eigenvalue weighted by atomic mass is 16.6. The molecule has 0 aromatic carbocycles. The molecule has 0 rings (SSSR count). The normalized spacial score (nSPS) is 11.1. The molecule has 2 N–H and O–H groups in total. The van der Waals surface area contributed by atoms with E-state index in [1.807, 2.05) is 6.92 Å². The fourth-order valence-corrected chi connectivity index (χ4v) is 1.89. The molecule has 0 aromatic rings. The predicted molar refractivity (Wildman–Crippen MR) is 91.9 cm³/mol. The molecule has 0 aliphatic heterocycles. The molecule has 0 amide bonds. The molecule has 1 unspecified atom stereocenters. The lowest BCUT2D eigenvalue weighted by Gasteiger charge is -2.06. The zero-order valence-electron chi connectivity index (χ0n) is 14.8. The third-order valence-electron chi connectivity index (χ3n) is 3.14. The molecule has 5 heteroatoms. The van der Waals surface area contributed by atoms with Crippen LogP contribution in [0.3, 0.4) is 0 Å². The van der Waals surface area contributed by atoms with Crippen molar-refractivity contribution in [3.63, 3.8) is 0 Å². The molecule has 0 saturated carbocycles. The van der Waals surface area contributed by atoms with Gasteiger partial charge in [-0.2, -0.15) is 0 Å². The van der Waals surface area contributed by atoms with Crippen molar-refractivity contribution in [2.24, 2.45) is 0 Å². The van der Waals surface area contributed by atoms with Gasteiger partial charge in [0.25, 0.3) is 0 Å². The summed E-state index contributed by atoms with van der Waals surface area (Å²) in [4.78, 5) is 22.2. The van der Waals surface area contributed by atoms with Crippen LogP contribution < -0.4 is 0 Å². The minimum Gasteiger partial charge on any atom is -0.393 e. The van der Waals surface area contributed by atoms with Gasteiger partial charge < -0.3 is 14.9 Å². The van der Waals surface area contributed by atoms with E-state index in [0.717, 1.165) is 12.8 Å². The summed E-state index contributed by atoms with van der Waals surface area (Å²) in [5.41, 5.74) is 0. The van der Waals surface area contributed by atoms with E-state index in [2.05, 4.69) is 18.2 Å². The average molecular weight is 330 g/mol. The van der Waals surface area contributed by atoms with Crippen LogP contribution in [0.4, 0.5) is 0 Å². The van der Waals surface area contributed by atoms with E-state index >= 15 is 0 Å². The Hall–Kier alpha value is -1.20. The van der Waals surface area contributed by atoms with Crippen molar-refractivity contribution in [1.29, 1.82) is 0 Å². The van der Waals surface area contributed by atoms with Gasteiger partial charge in [-0.3, -0.25) is 4.79 Å². The number of carbonyl (C=O) groups excluding carboxylic acids is 2. The highest BCUT2D eigenvalue weighted by molar-refractivity contribution is 5.87. The van der Waals surface area contributed by atoms with E-state index in [1.54, 1.807) is 6.08 Å². The van der Waals surface area contributed by atoms with Gasteiger partial charge in [-0.15, -0.1) is 6.58 Å². The quantitative estimate of drug-likeness (QED) is 0.247. The van der Waals surface area contributed by atoms with Crippen LogP contribution in [-0.4, -0.2) is 34.9 Å². The zero-order valence-corrected chi connectivity index (χ0v) is 14.8. The molecule has 0 saturated heterocycles. The molecule has 0 fully saturated rings. The van der Waals surface area contributed by atoms with Gasteiger partial charge in [-0.25, -0.2) is 4.79 Å². The second kappa shape index (κ2) is 18.8. The topological polar surface area (TPSA) is 83.8 Å². The third kappa shape index (κ3) is 18.8. The molecule has 0 heterocycles. The Bertz CT molecular complexity index is 302. The van der Waals surface area contributed by atoms with Crippen molar-refractivity contribution in [3.8, 4) is 0 Å². The van der Waals surface area contributed by atoms with Gasteiger partial charge >= 0.3 is 11.9 Å². The number of unbranched alkanes of at least 4 members (excludes halogenated alkanes) is 8. The molecule has 0 bridgehead atoms. The van der Waals surface area contributed by atoms with E-state index in [4.69, 9.17) is 10.2 Å². The molecule has 136 valence electrons. The van der Waals surface area contributed by atoms with Gasteiger partial charge in [0.1, 0.15) is 0 Å². The molecular formula is C18H34O5. The summed E-state index contributed by atoms with van der Waals surface area (Å²) in [5.74, 6) is -1.71. The standard InChI is InChI=1S/C15H28O5.C3H6/c1-2-3-4-5-6-7-8-9-10-11-14(18)20-15(19)13(17)12-16;1-3-2/h13,16-17H,2-12H2,1H3;3H,1H2,2H3. The maximum absolute atomic E-state index is 11.2. The minimum atomic E-state index is -1.62. The number of esters is 2. The van der Waals surface area contributed by atoms with Crippen molar-refractivity contribution < 1.29 is 24.5 Å². The smallest absolute Gasteiger partial charge is 0.345 e. The zero-order chi connectivity index (χ0) is 17.9. The third-order valence-corrected chi connectivity index (χ3v) is 3.14. The fraction of sp³-hybridized carbons (Fsp3) is 0.778. The van der Waals surface area contributed by atoms with E-state index in [9.17, 15) is 9.59 Å². The van der Waals surface area contributed by atoms with Gasteiger partial charge in [0, 0.05) is 6.42 Å². The molecule has 5 nitrogen and oxygen atoms in total. The largest absolute Gasteiger partial charge is 0.393 e. The lowest BCUT2D eigenvalue weighted by molar-refractivity contribution is -0.167. The molecular weight excluding hydrogens is 296 g/mol. The molecule has 1 atom stereocenters. The van der Waals surface area contributed by atoms with Crippen LogP contribution in [0, 0.1) is 0 Å². The average Bonchev–Trinajstić information content (AvgIpc) is 2.53. The number of hydrogen-bond acceptors (Lipinski definition) is 5. The molecule has 0 aromatic heterocycles. The molecule has 23 heavy (non-hydrogen) atoms. The van der Waals surface area contributed by atoms with Crippen molar-refractivity contribution in [3.05, 3.63) is 12.7 Å². The highest BCUT2D eigenvalue weighted by Gasteiger charge is 2.18. The summed E-state index contributed by atoms with van der Waals surface area (Å²) < 4.78 is 4.39. The first-order valence-corrected chi connectivity index (χ1v) is 8.63. The van der Waals surface area contributed by atoms with Gasteiger partial charge in [-0.1, -0.05) is 64.4 Å². The van der Waals surface area contributed by atoms with E-state index in [0.29, 0.717) is 6.42 Å². The van der Waals surface area contributed by atoms with Crippen molar-refractivity contribution in [2.75, 3.05) is 6.61 Å². The number of hydrogen-bond donors (Lipinski definition) is 2. The first-order chi connectivity index (χ1) is 11.0. The van der Waals surface area contributed by atoms with Crippen LogP contribution in [0.5, 0.6) is 0 Å². The Labute approximate surface area is 140 Å². The van der Waals surface area contributed by atoms with Gasteiger partial charge in [-0.05, 0) is 13.3 Å². The number of aliphatic hydroxyl groups is 2. The van der Waals surface area contributed by atoms with Crippen molar-refractivity contribution in [2.45, 2.75) is 84.2 Å². The number of aliphatic hydroxyl groups excluding tert-OH is 2. The second-order valence-electron chi connectivity index (χ2n) is 5.48. The van der Waals surface area contributed by atoms with Crippen LogP contribution in [-0.2, 0) is 14.3 Å². The summed E-state index contributed by atoms with van der Waals surface area (Å²) in [7, 11) is 0. The Morgan fingerprint density at radius 1 is 1.04 bits per heavy atom. The predicted octanol–water partition coefficient (Wildman–Crippen LogP) is 3.52. The van der Waals surface area contributed by atoms with E-state index in [-0.39, 0.29) is 6.42 Å².